The van der Waals surface area contributed by atoms with E-state index >= 15 is 0 Å². The van der Waals surface area contributed by atoms with Gasteiger partial charge in [0, 0.05) is 38.2 Å². The summed E-state index contributed by atoms with van der Waals surface area (Å²) in [6.45, 7) is 0. The Morgan fingerprint density at radius 2 is 1.60 bits per heavy atom. The number of carbonyl (C=O) groups is 1. The summed E-state index contributed by atoms with van der Waals surface area (Å²) in [6.07, 6.45) is 0. The molecule has 0 spiro atoms. The summed E-state index contributed by atoms with van der Waals surface area (Å²) in [6, 6.07) is 15.5. The summed E-state index contributed by atoms with van der Waals surface area (Å²) < 4.78 is 0. The van der Waals surface area contributed by atoms with Crippen molar-refractivity contribution in [3.63, 3.8) is 0 Å². The van der Waals surface area contributed by atoms with E-state index in [0.29, 0.717) is 11.3 Å². The third-order valence-electron chi connectivity index (χ3n) is 3.20. The minimum absolute atomic E-state index is 0.0918. The maximum absolute atomic E-state index is 12.1. The van der Waals surface area contributed by atoms with Gasteiger partial charge in [0.2, 0.25) is 0 Å². The lowest BCUT2D eigenvalue weighted by atomic mass is 10.1. The molecule has 4 heteroatoms. The number of carbonyl (C=O) groups excluding carboxylic acids is 1. The number of nitrogens with two attached hydrogens (primary N) is 1. The molecule has 2 N–H and O–H groups in total. The van der Waals surface area contributed by atoms with E-state index in [2.05, 4.69) is 0 Å². The van der Waals surface area contributed by atoms with Gasteiger partial charge in [-0.2, -0.15) is 0 Å². The van der Waals surface area contributed by atoms with E-state index in [-0.39, 0.29) is 5.91 Å². The topological polar surface area (TPSA) is 49.6 Å². The maximum Gasteiger partial charge on any atom is 0.255 e. The molecule has 0 radical (unpaired) electrons. The third-order valence-corrected chi connectivity index (χ3v) is 3.20. The standard InChI is InChI=1S/C16H19N3O/c1-18(2)16(20)14-11-13(9-10-15(14)17)19(3)12-7-5-4-6-8-12/h4-11H,17H2,1-3H3. The van der Waals surface area contributed by atoms with Crippen molar-refractivity contribution in [1.29, 1.82) is 0 Å². The first-order valence-corrected chi connectivity index (χ1v) is 6.40. The van der Waals surface area contributed by atoms with Crippen LogP contribution < -0.4 is 10.6 Å². The van der Waals surface area contributed by atoms with Crippen LogP contribution in [0.25, 0.3) is 0 Å². The van der Waals surface area contributed by atoms with Crippen LogP contribution in [0, 0.1) is 0 Å². The van der Waals surface area contributed by atoms with Crippen LogP contribution in [0.4, 0.5) is 17.1 Å². The second-order valence-electron chi connectivity index (χ2n) is 4.87. The van der Waals surface area contributed by atoms with Crippen LogP contribution >= 0.6 is 0 Å². The minimum atomic E-state index is -0.0918. The van der Waals surface area contributed by atoms with Crippen molar-refractivity contribution in [3.8, 4) is 0 Å². The number of amides is 1. The molecule has 0 aliphatic heterocycles. The van der Waals surface area contributed by atoms with Crippen LogP contribution in [0.1, 0.15) is 10.4 Å². The highest BCUT2D eigenvalue weighted by Gasteiger charge is 2.14. The molecular weight excluding hydrogens is 250 g/mol. The maximum atomic E-state index is 12.1. The van der Waals surface area contributed by atoms with Crippen molar-refractivity contribution in [2.75, 3.05) is 31.8 Å². The van der Waals surface area contributed by atoms with Crippen molar-refractivity contribution < 1.29 is 4.79 Å². The molecule has 0 unspecified atom stereocenters. The molecule has 2 aromatic rings. The van der Waals surface area contributed by atoms with Crippen molar-refractivity contribution in [2.45, 2.75) is 0 Å². The SMILES string of the molecule is CN(C)C(=O)c1cc(N(C)c2ccccc2)ccc1N. The van der Waals surface area contributed by atoms with E-state index < -0.39 is 0 Å². The fraction of sp³-hybridized carbons (Fsp3) is 0.188. The summed E-state index contributed by atoms with van der Waals surface area (Å²) in [5.74, 6) is -0.0918. The van der Waals surface area contributed by atoms with Crippen LogP contribution in [0.3, 0.4) is 0 Å². The fourth-order valence-corrected chi connectivity index (χ4v) is 1.98. The second kappa shape index (κ2) is 5.65. The number of nitrogen functional groups attached to an aromatic ring is 1. The van der Waals surface area contributed by atoms with Crippen LogP contribution in [-0.4, -0.2) is 32.0 Å². The average Bonchev–Trinajstić information content (AvgIpc) is 2.47. The van der Waals surface area contributed by atoms with Crippen molar-refractivity contribution in [2.24, 2.45) is 0 Å². The molecule has 0 saturated carbocycles. The molecule has 0 heterocycles. The predicted molar refractivity (Wildman–Crippen MR) is 83.4 cm³/mol. The van der Waals surface area contributed by atoms with Crippen molar-refractivity contribution in [3.05, 3.63) is 54.1 Å². The van der Waals surface area contributed by atoms with Gasteiger partial charge in [0.1, 0.15) is 0 Å². The van der Waals surface area contributed by atoms with E-state index in [9.17, 15) is 4.79 Å². The summed E-state index contributed by atoms with van der Waals surface area (Å²) in [4.78, 5) is 15.6. The van der Waals surface area contributed by atoms with Gasteiger partial charge >= 0.3 is 0 Å². The van der Waals surface area contributed by atoms with Crippen LogP contribution in [0.2, 0.25) is 0 Å². The van der Waals surface area contributed by atoms with E-state index in [1.54, 1.807) is 20.2 Å². The summed E-state index contributed by atoms with van der Waals surface area (Å²) in [5.41, 5.74) is 8.90. The Labute approximate surface area is 119 Å². The molecule has 104 valence electrons. The Bertz CT molecular complexity index is 608. The number of nitrogens with zero attached hydrogens (tertiary/aromatic N) is 2. The molecule has 0 fully saturated rings. The lowest BCUT2D eigenvalue weighted by Gasteiger charge is -2.21. The van der Waals surface area contributed by atoms with Gasteiger partial charge in [-0.15, -0.1) is 0 Å². The smallest absolute Gasteiger partial charge is 0.255 e. The first kappa shape index (κ1) is 13.9. The summed E-state index contributed by atoms with van der Waals surface area (Å²) in [5, 5.41) is 0. The lowest BCUT2D eigenvalue weighted by Crippen LogP contribution is -2.23. The van der Waals surface area contributed by atoms with Crippen molar-refractivity contribution >= 4 is 23.0 Å². The van der Waals surface area contributed by atoms with Gasteiger partial charge in [-0.1, -0.05) is 18.2 Å². The highest BCUT2D eigenvalue weighted by atomic mass is 16.2. The van der Waals surface area contributed by atoms with Gasteiger partial charge < -0.3 is 15.5 Å². The normalized spacial score (nSPS) is 10.2. The van der Waals surface area contributed by atoms with E-state index in [1.165, 1.54) is 4.90 Å². The van der Waals surface area contributed by atoms with Crippen LogP contribution in [-0.2, 0) is 0 Å². The molecule has 0 aromatic heterocycles. The molecule has 2 rings (SSSR count). The minimum Gasteiger partial charge on any atom is -0.398 e. The quantitative estimate of drug-likeness (QED) is 0.872. The number of benzene rings is 2. The Hall–Kier alpha value is -2.49. The summed E-state index contributed by atoms with van der Waals surface area (Å²) >= 11 is 0. The Morgan fingerprint density at radius 3 is 2.20 bits per heavy atom. The summed E-state index contributed by atoms with van der Waals surface area (Å²) in [7, 11) is 5.40. The third kappa shape index (κ3) is 2.74. The van der Waals surface area contributed by atoms with Gasteiger partial charge in [-0.3, -0.25) is 4.79 Å². The molecule has 1 amide bonds. The van der Waals surface area contributed by atoms with Gasteiger partial charge in [0.25, 0.3) is 5.91 Å². The van der Waals surface area contributed by atoms with Crippen LogP contribution in [0.5, 0.6) is 0 Å². The van der Waals surface area contributed by atoms with E-state index in [1.807, 2.05) is 54.4 Å². The number of anilines is 3. The molecule has 0 aliphatic rings. The fourth-order valence-electron chi connectivity index (χ4n) is 1.98. The van der Waals surface area contributed by atoms with Gasteiger partial charge in [-0.25, -0.2) is 0 Å². The van der Waals surface area contributed by atoms with Gasteiger partial charge in [-0.05, 0) is 30.3 Å². The first-order valence-electron chi connectivity index (χ1n) is 6.40. The molecule has 2 aromatic carbocycles. The average molecular weight is 269 g/mol. The van der Waals surface area contributed by atoms with Crippen molar-refractivity contribution in [1.82, 2.24) is 4.90 Å². The molecule has 0 aliphatic carbocycles. The van der Waals surface area contributed by atoms with E-state index in [4.69, 9.17) is 5.73 Å². The Balaban J connectivity index is 2.39. The Kier molecular flexibility index (Phi) is 3.94. The molecular formula is C16H19N3O. The largest absolute Gasteiger partial charge is 0.398 e. The van der Waals surface area contributed by atoms with Crippen LogP contribution in [0.15, 0.2) is 48.5 Å². The Morgan fingerprint density at radius 1 is 0.950 bits per heavy atom. The van der Waals surface area contributed by atoms with Gasteiger partial charge in [0.15, 0.2) is 0 Å². The number of rotatable bonds is 3. The predicted octanol–water partition coefficient (Wildman–Crippen LogP) is 2.74. The molecule has 0 atom stereocenters. The zero-order chi connectivity index (χ0) is 14.7. The highest BCUT2D eigenvalue weighted by Crippen LogP contribution is 2.26. The highest BCUT2D eigenvalue weighted by molar-refractivity contribution is 6.00. The zero-order valence-electron chi connectivity index (χ0n) is 12.0. The monoisotopic (exact) mass is 269 g/mol. The lowest BCUT2D eigenvalue weighted by molar-refractivity contribution is 0.0828. The van der Waals surface area contributed by atoms with E-state index in [0.717, 1.165) is 11.4 Å². The second-order valence-corrected chi connectivity index (χ2v) is 4.87. The zero-order valence-corrected chi connectivity index (χ0v) is 12.0. The number of para-hydroxylation sites is 1. The molecule has 0 bridgehead atoms. The molecule has 0 saturated heterocycles. The first-order chi connectivity index (χ1) is 9.50. The van der Waals surface area contributed by atoms with Gasteiger partial charge in [0.05, 0.1) is 5.56 Å². The molecule has 20 heavy (non-hydrogen) atoms. The number of hydrogen-bond acceptors (Lipinski definition) is 3. The number of hydrogen-bond donors (Lipinski definition) is 1. The molecule has 4 nitrogen and oxygen atoms in total.